The van der Waals surface area contributed by atoms with E-state index in [0.29, 0.717) is 24.9 Å². The van der Waals surface area contributed by atoms with Crippen molar-refractivity contribution in [2.24, 2.45) is 11.8 Å². The second-order valence-corrected chi connectivity index (χ2v) is 14.5. The second-order valence-electron chi connectivity index (χ2n) is 13.3. The van der Waals surface area contributed by atoms with E-state index in [1.165, 1.54) is 4.90 Å². The first-order valence-corrected chi connectivity index (χ1v) is 18.4. The monoisotopic (exact) mass is 749 g/mol. The van der Waals surface area contributed by atoms with Crippen LogP contribution in [0.5, 0.6) is 0 Å². The molecule has 3 aliphatic rings. The van der Waals surface area contributed by atoms with Crippen LogP contribution >= 0.6 is 15.9 Å². The first-order valence-electron chi connectivity index (χ1n) is 17.5. The number of hydrogen-bond acceptors (Lipinski definition) is 7. The molecule has 2 aromatic carbocycles. The quantitative estimate of drug-likeness (QED) is 0.0948. The van der Waals surface area contributed by atoms with Gasteiger partial charge in [-0.05, 0) is 30.4 Å². The lowest BCUT2D eigenvalue weighted by atomic mass is 9.70. The highest BCUT2D eigenvalue weighted by Gasteiger charge is 2.77. The smallest absolute Gasteiger partial charge is 0.306 e. The zero-order chi connectivity index (χ0) is 35.8. The highest BCUT2D eigenvalue weighted by Crippen LogP contribution is 2.61. The van der Waals surface area contributed by atoms with Crippen molar-refractivity contribution in [3.05, 3.63) is 97.1 Å². The number of aliphatic hydroxyl groups is 1. The molecule has 3 heterocycles. The summed E-state index contributed by atoms with van der Waals surface area (Å²) in [5.41, 5.74) is 0.0866. The third-order valence-corrected chi connectivity index (χ3v) is 11.0. The van der Waals surface area contributed by atoms with E-state index < -0.39 is 66.1 Å². The molecule has 11 heteroatoms. The number of amides is 3. The molecule has 0 aliphatic carbocycles. The van der Waals surface area contributed by atoms with Gasteiger partial charge in [0.15, 0.2) is 0 Å². The summed E-state index contributed by atoms with van der Waals surface area (Å²) in [7, 11) is 0. The Hall–Kier alpha value is -3.80. The van der Waals surface area contributed by atoms with Crippen molar-refractivity contribution in [3.8, 4) is 0 Å². The average Bonchev–Trinajstić information content (AvgIpc) is 3.73. The molecule has 1 spiro atoms. The first-order chi connectivity index (χ1) is 24.2. The third-order valence-electron chi connectivity index (χ3n) is 10.1. The number of unbranched alkanes of at least 4 members (excludes halogenated alkanes) is 2. The summed E-state index contributed by atoms with van der Waals surface area (Å²) in [5.74, 6) is -3.49. The lowest BCUT2D eigenvalue weighted by molar-refractivity contribution is -0.151. The van der Waals surface area contributed by atoms with Gasteiger partial charge in [0.1, 0.15) is 18.2 Å². The van der Waals surface area contributed by atoms with E-state index in [-0.39, 0.29) is 30.3 Å². The number of ether oxygens (including phenoxy) is 2. The molecule has 5 rings (SSSR count). The van der Waals surface area contributed by atoms with E-state index >= 15 is 0 Å². The maximum Gasteiger partial charge on any atom is 0.306 e. The van der Waals surface area contributed by atoms with Crippen molar-refractivity contribution >= 4 is 39.6 Å². The van der Waals surface area contributed by atoms with Gasteiger partial charge in [-0.25, -0.2) is 0 Å². The fourth-order valence-corrected chi connectivity index (χ4v) is 8.77. The Bertz CT molecular complexity index is 1520. The van der Waals surface area contributed by atoms with Crippen LogP contribution in [0.4, 0.5) is 0 Å². The number of hydrogen-bond donors (Lipinski definition) is 2. The van der Waals surface area contributed by atoms with Gasteiger partial charge in [-0.15, -0.1) is 13.2 Å². The van der Waals surface area contributed by atoms with Gasteiger partial charge >= 0.3 is 5.97 Å². The number of carbonyl (C=O) groups excluding carboxylic acids is 4. The Morgan fingerprint density at radius 3 is 2.40 bits per heavy atom. The average molecular weight is 751 g/mol. The van der Waals surface area contributed by atoms with Crippen LogP contribution in [0.2, 0.25) is 0 Å². The summed E-state index contributed by atoms with van der Waals surface area (Å²) in [6, 6.07) is 15.7. The highest BCUT2D eigenvalue weighted by molar-refractivity contribution is 9.09. The van der Waals surface area contributed by atoms with Gasteiger partial charge < -0.3 is 29.7 Å². The van der Waals surface area contributed by atoms with Crippen molar-refractivity contribution in [2.45, 2.75) is 80.1 Å². The molecule has 50 heavy (non-hydrogen) atoms. The molecular weight excluding hydrogens is 702 g/mol. The highest BCUT2D eigenvalue weighted by atomic mass is 79.9. The summed E-state index contributed by atoms with van der Waals surface area (Å²) in [6.45, 7) is 9.85. The minimum atomic E-state index is -1.32. The molecule has 2 bridgehead atoms. The van der Waals surface area contributed by atoms with Gasteiger partial charge in [-0.2, -0.15) is 0 Å². The number of esters is 1. The number of carbonyl (C=O) groups is 4. The first kappa shape index (κ1) is 37.5. The fourth-order valence-electron chi connectivity index (χ4n) is 7.83. The second kappa shape index (κ2) is 16.9. The van der Waals surface area contributed by atoms with Crippen LogP contribution in [0, 0.1) is 11.8 Å². The maximum absolute atomic E-state index is 14.9. The lowest BCUT2D eigenvalue weighted by Gasteiger charge is -2.39. The van der Waals surface area contributed by atoms with Gasteiger partial charge in [0.25, 0.3) is 0 Å². The van der Waals surface area contributed by atoms with E-state index in [0.717, 1.165) is 24.8 Å². The molecule has 3 fully saturated rings. The van der Waals surface area contributed by atoms with Crippen molar-refractivity contribution in [2.75, 3.05) is 26.3 Å². The molecule has 2 N–H and O–H groups in total. The Labute approximate surface area is 303 Å². The molecule has 0 aromatic heterocycles. The van der Waals surface area contributed by atoms with Crippen LogP contribution in [0.1, 0.15) is 68.7 Å². The van der Waals surface area contributed by atoms with Crippen LogP contribution < -0.4 is 5.32 Å². The van der Waals surface area contributed by atoms with E-state index in [2.05, 4.69) is 41.3 Å². The number of rotatable bonds is 18. The van der Waals surface area contributed by atoms with E-state index in [1.54, 1.807) is 17.1 Å². The molecule has 10 nitrogen and oxygen atoms in total. The van der Waals surface area contributed by atoms with Gasteiger partial charge in [0.2, 0.25) is 17.7 Å². The summed E-state index contributed by atoms with van der Waals surface area (Å²) in [6.07, 6.45) is 6.28. The van der Waals surface area contributed by atoms with Crippen LogP contribution in [-0.2, 0) is 28.7 Å². The van der Waals surface area contributed by atoms with E-state index in [9.17, 15) is 24.3 Å². The Balaban J connectivity index is 1.52. The largest absolute Gasteiger partial charge is 0.463 e. The molecule has 1 unspecified atom stereocenters. The topological polar surface area (TPSA) is 125 Å². The van der Waals surface area contributed by atoms with Crippen molar-refractivity contribution in [1.82, 2.24) is 15.1 Å². The van der Waals surface area contributed by atoms with E-state index in [1.807, 2.05) is 60.7 Å². The molecule has 3 saturated heterocycles. The molecular formula is C39H48BrN3O7. The summed E-state index contributed by atoms with van der Waals surface area (Å²) in [5, 5.41) is 13.9. The zero-order valence-electron chi connectivity index (χ0n) is 28.6. The zero-order valence-corrected chi connectivity index (χ0v) is 30.2. The minimum Gasteiger partial charge on any atom is -0.463 e. The Kier molecular flexibility index (Phi) is 12.7. The van der Waals surface area contributed by atoms with Gasteiger partial charge in [0, 0.05) is 24.3 Å². The molecule has 3 amide bonds. The number of fused-ring (bicyclic) bond motifs is 1. The van der Waals surface area contributed by atoms with Crippen LogP contribution in [0.3, 0.4) is 0 Å². The van der Waals surface area contributed by atoms with Crippen molar-refractivity contribution < 1.29 is 33.8 Å². The normalized spacial score (nSPS) is 26.2. The third kappa shape index (κ3) is 7.45. The number of benzene rings is 2. The minimum absolute atomic E-state index is 0.104. The maximum atomic E-state index is 14.9. The predicted molar refractivity (Wildman–Crippen MR) is 193 cm³/mol. The molecule has 268 valence electrons. The van der Waals surface area contributed by atoms with E-state index in [4.69, 9.17) is 9.47 Å². The summed E-state index contributed by atoms with van der Waals surface area (Å²) < 4.78 is 12.3. The predicted octanol–water partition coefficient (Wildman–Crippen LogP) is 5.04. The van der Waals surface area contributed by atoms with Gasteiger partial charge in [0.05, 0.1) is 36.6 Å². The lowest BCUT2D eigenvalue weighted by Crippen LogP contribution is -2.57. The van der Waals surface area contributed by atoms with Crippen molar-refractivity contribution in [1.29, 1.82) is 0 Å². The fraction of sp³-hybridized carbons (Fsp3) is 0.487. The van der Waals surface area contributed by atoms with Crippen LogP contribution in [0.15, 0.2) is 86.0 Å². The summed E-state index contributed by atoms with van der Waals surface area (Å²) in [4.78, 5) is 59.4. The Morgan fingerprint density at radius 1 is 1.10 bits per heavy atom. The number of nitrogens with zero attached hydrogens (tertiary/aromatic N) is 2. The number of aliphatic hydroxyl groups excluding tert-OH is 1. The van der Waals surface area contributed by atoms with Crippen LogP contribution in [-0.4, -0.2) is 87.5 Å². The van der Waals surface area contributed by atoms with Crippen molar-refractivity contribution in [3.63, 3.8) is 0 Å². The number of nitrogens with one attached hydrogen (secondary N) is 1. The molecule has 8 atom stereocenters. The number of likely N-dealkylation sites (tertiary alicyclic amines) is 1. The number of allylic oxidation sites excluding steroid dienone is 1. The number of halogens is 1. The van der Waals surface area contributed by atoms with Crippen LogP contribution in [0.25, 0.3) is 0 Å². The Morgan fingerprint density at radius 2 is 1.78 bits per heavy atom. The standard InChI is InChI=1S/C39H48BrN3O7/c1-4-7-15-22-42(21-6-3)38(48)35-39-23-28(40)34(50-39)32(33(39)37(47)43(35)30(24-44)27-18-13-10-14-19-27)36(46)41-29(26-16-11-9-12-17-26)25-49-31(45)20-8-5-2/h5-6,9-14,16-19,28-30,32-35,44H,2-4,7-8,15,20-25H2,1H3,(H,41,46)/t28?,29-,30-,32-,33+,34-,35-,39+/m1/s1. The molecule has 2 aromatic rings. The SMILES string of the molecule is C=CCCC(=O)OC[C@@H](NC(=O)[C@H]1[C@@H]2O[C@@]3(CC2Br)[C@@H]1C(=O)N([C@H](CO)c1ccccc1)[C@@H]3C(=O)N(CC=C)CCCCC)c1ccccc1. The number of alkyl halides is 1. The molecule has 0 saturated carbocycles. The van der Waals surface area contributed by atoms with Gasteiger partial charge in [-0.1, -0.05) is 109 Å². The summed E-state index contributed by atoms with van der Waals surface area (Å²) >= 11 is 3.75. The molecule has 0 radical (unpaired) electrons. The molecule has 3 aliphatic heterocycles. The van der Waals surface area contributed by atoms with Gasteiger partial charge in [-0.3, -0.25) is 19.2 Å².